The molecule has 0 unspecified atom stereocenters. The van der Waals surface area contributed by atoms with Crippen LogP contribution in [0.2, 0.25) is 0 Å². The monoisotopic (exact) mass is 402 g/mol. The van der Waals surface area contributed by atoms with E-state index >= 15 is 0 Å². The molecule has 0 spiro atoms. The number of benzene rings is 2. The van der Waals surface area contributed by atoms with Gasteiger partial charge in [-0.25, -0.2) is 4.39 Å². The van der Waals surface area contributed by atoms with E-state index in [0.29, 0.717) is 15.7 Å². The van der Waals surface area contributed by atoms with Gasteiger partial charge in [-0.2, -0.15) is 0 Å². The molecule has 0 fully saturated rings. The van der Waals surface area contributed by atoms with Gasteiger partial charge in [-0.1, -0.05) is 28.1 Å². The highest BCUT2D eigenvalue weighted by Gasteiger charge is 2.07. The van der Waals surface area contributed by atoms with Gasteiger partial charge in [0.2, 0.25) is 0 Å². The molecule has 0 bridgehead atoms. The highest BCUT2D eigenvalue weighted by molar-refractivity contribution is 9.10. The summed E-state index contributed by atoms with van der Waals surface area (Å²) in [6, 6.07) is 10.3. The van der Waals surface area contributed by atoms with Crippen molar-refractivity contribution in [3.8, 4) is 0 Å². The summed E-state index contributed by atoms with van der Waals surface area (Å²) < 4.78 is 14.8. The molecule has 0 saturated carbocycles. The quantitative estimate of drug-likeness (QED) is 0.727. The van der Waals surface area contributed by atoms with Gasteiger partial charge < -0.3 is 11.1 Å². The van der Waals surface area contributed by atoms with Gasteiger partial charge in [0.15, 0.2) is 0 Å². The van der Waals surface area contributed by atoms with Crippen molar-refractivity contribution in [3.05, 3.63) is 56.7 Å². The molecule has 0 aliphatic rings. The van der Waals surface area contributed by atoms with E-state index in [4.69, 9.17) is 18.0 Å². The second-order valence-corrected chi connectivity index (χ2v) is 6.02. The maximum Gasteiger partial charge on any atom is 0.139 e. The zero-order chi connectivity index (χ0) is 14.0. The van der Waals surface area contributed by atoms with E-state index in [1.54, 1.807) is 12.1 Å². The zero-order valence-electron chi connectivity index (χ0n) is 9.58. The van der Waals surface area contributed by atoms with Gasteiger partial charge in [-0.05, 0) is 52.3 Å². The van der Waals surface area contributed by atoms with Crippen molar-refractivity contribution < 1.29 is 4.39 Å². The van der Waals surface area contributed by atoms with Gasteiger partial charge >= 0.3 is 0 Å². The fourth-order valence-electron chi connectivity index (χ4n) is 1.56. The standard InChI is InChI=1S/C13H9Br2FN2S/c14-7-1-4-12(9(5-7)13(17)19)18-8-2-3-10(15)11(16)6-8/h1-6,18H,(H2,17,19). The molecule has 0 saturated heterocycles. The molecule has 6 heteroatoms. The normalized spacial score (nSPS) is 10.3. The highest BCUT2D eigenvalue weighted by atomic mass is 79.9. The minimum atomic E-state index is -0.334. The van der Waals surface area contributed by atoms with Gasteiger partial charge in [0.25, 0.3) is 0 Å². The number of hydrogen-bond donors (Lipinski definition) is 2. The second-order valence-electron chi connectivity index (χ2n) is 3.81. The Kier molecular flexibility index (Phi) is 4.54. The van der Waals surface area contributed by atoms with E-state index in [2.05, 4.69) is 37.2 Å². The first-order chi connectivity index (χ1) is 8.97. The summed E-state index contributed by atoms with van der Waals surface area (Å²) in [5.41, 5.74) is 7.74. The van der Waals surface area contributed by atoms with E-state index in [1.165, 1.54) is 6.07 Å². The molecule has 0 amide bonds. The third-order valence-electron chi connectivity index (χ3n) is 2.45. The maximum atomic E-state index is 13.5. The van der Waals surface area contributed by atoms with E-state index in [9.17, 15) is 4.39 Å². The molecule has 19 heavy (non-hydrogen) atoms. The van der Waals surface area contributed by atoms with Gasteiger partial charge in [0.05, 0.1) is 4.47 Å². The Morgan fingerprint density at radius 3 is 2.53 bits per heavy atom. The SMILES string of the molecule is NC(=S)c1cc(Br)ccc1Nc1ccc(Br)c(F)c1. The maximum absolute atomic E-state index is 13.5. The summed E-state index contributed by atoms with van der Waals surface area (Å²) in [5.74, 6) is -0.334. The molecule has 0 atom stereocenters. The van der Waals surface area contributed by atoms with Crippen LogP contribution in [0.5, 0.6) is 0 Å². The van der Waals surface area contributed by atoms with Crippen molar-refractivity contribution in [3.63, 3.8) is 0 Å². The molecule has 3 N–H and O–H groups in total. The van der Waals surface area contributed by atoms with Crippen LogP contribution in [0, 0.1) is 5.82 Å². The molecule has 0 aromatic heterocycles. The molecule has 2 rings (SSSR count). The predicted octanol–water partition coefficient (Wildman–Crippen LogP) is 4.73. The van der Waals surface area contributed by atoms with Crippen LogP contribution in [0.15, 0.2) is 45.3 Å². The van der Waals surface area contributed by atoms with Crippen LogP contribution < -0.4 is 11.1 Å². The number of anilines is 2. The minimum absolute atomic E-state index is 0.279. The summed E-state index contributed by atoms with van der Waals surface area (Å²) in [7, 11) is 0. The third kappa shape index (κ3) is 3.52. The van der Waals surface area contributed by atoms with Gasteiger partial charge in [0, 0.05) is 21.4 Å². The number of thiocarbonyl (C=S) groups is 1. The fraction of sp³-hybridized carbons (Fsp3) is 0. The molecule has 98 valence electrons. The van der Waals surface area contributed by atoms with Crippen LogP contribution in [0.3, 0.4) is 0 Å². The second kappa shape index (κ2) is 5.98. The first-order valence-corrected chi connectivity index (χ1v) is 7.28. The van der Waals surface area contributed by atoms with Crippen LogP contribution >= 0.6 is 44.1 Å². The minimum Gasteiger partial charge on any atom is -0.389 e. The van der Waals surface area contributed by atoms with Crippen molar-refractivity contribution in [2.75, 3.05) is 5.32 Å². The summed E-state index contributed by atoms with van der Waals surface area (Å²) in [4.78, 5) is 0.279. The Balaban J connectivity index is 2.37. The van der Waals surface area contributed by atoms with Gasteiger partial charge in [0.1, 0.15) is 10.8 Å². The summed E-state index contributed by atoms with van der Waals surface area (Å²) in [6.45, 7) is 0. The van der Waals surface area contributed by atoms with Crippen molar-refractivity contribution in [2.45, 2.75) is 0 Å². The molecule has 2 aromatic carbocycles. The van der Waals surface area contributed by atoms with E-state index in [0.717, 1.165) is 10.2 Å². The number of rotatable bonds is 3. The Hall–Kier alpha value is -0.980. The smallest absolute Gasteiger partial charge is 0.139 e. The molecule has 2 nitrogen and oxygen atoms in total. The Labute approximate surface area is 132 Å². The van der Waals surface area contributed by atoms with Gasteiger partial charge in [-0.15, -0.1) is 0 Å². The lowest BCUT2D eigenvalue weighted by Gasteiger charge is -2.12. The van der Waals surface area contributed by atoms with Crippen LogP contribution in [-0.4, -0.2) is 4.99 Å². The van der Waals surface area contributed by atoms with E-state index in [1.807, 2.05) is 18.2 Å². The lowest BCUT2D eigenvalue weighted by molar-refractivity contribution is 0.622. The molecule has 0 aliphatic heterocycles. The molecule has 0 aliphatic carbocycles. The number of nitrogens with one attached hydrogen (secondary N) is 1. The Morgan fingerprint density at radius 2 is 1.89 bits per heavy atom. The van der Waals surface area contributed by atoms with Crippen LogP contribution in [0.4, 0.5) is 15.8 Å². The first kappa shape index (κ1) is 14.4. The third-order valence-corrected chi connectivity index (χ3v) is 3.80. The predicted molar refractivity (Wildman–Crippen MR) is 87.4 cm³/mol. The van der Waals surface area contributed by atoms with Crippen molar-refractivity contribution >= 4 is 60.4 Å². The van der Waals surface area contributed by atoms with E-state index < -0.39 is 0 Å². The van der Waals surface area contributed by atoms with Crippen LogP contribution in [-0.2, 0) is 0 Å². The molecule has 0 radical (unpaired) electrons. The highest BCUT2D eigenvalue weighted by Crippen LogP contribution is 2.26. The average Bonchev–Trinajstić information content (AvgIpc) is 2.36. The van der Waals surface area contributed by atoms with Crippen molar-refractivity contribution in [1.29, 1.82) is 0 Å². The first-order valence-electron chi connectivity index (χ1n) is 5.29. The largest absolute Gasteiger partial charge is 0.389 e. The van der Waals surface area contributed by atoms with Crippen molar-refractivity contribution in [2.24, 2.45) is 5.73 Å². The lowest BCUT2D eigenvalue weighted by atomic mass is 10.1. The van der Waals surface area contributed by atoms with Crippen molar-refractivity contribution in [1.82, 2.24) is 0 Å². The Bertz CT molecular complexity index is 647. The molecule has 2 aromatic rings. The van der Waals surface area contributed by atoms with Crippen LogP contribution in [0.1, 0.15) is 5.56 Å². The number of hydrogen-bond acceptors (Lipinski definition) is 2. The summed E-state index contributed by atoms with van der Waals surface area (Å²) in [6.07, 6.45) is 0. The van der Waals surface area contributed by atoms with Gasteiger partial charge in [-0.3, -0.25) is 0 Å². The zero-order valence-corrected chi connectivity index (χ0v) is 13.6. The molecular weight excluding hydrogens is 395 g/mol. The summed E-state index contributed by atoms with van der Waals surface area (Å²) >= 11 is 11.5. The molecule has 0 heterocycles. The topological polar surface area (TPSA) is 38.0 Å². The fourth-order valence-corrected chi connectivity index (χ4v) is 2.34. The average molecular weight is 404 g/mol. The number of halogens is 3. The van der Waals surface area contributed by atoms with E-state index in [-0.39, 0.29) is 10.8 Å². The van der Waals surface area contributed by atoms with Crippen LogP contribution in [0.25, 0.3) is 0 Å². The Morgan fingerprint density at radius 1 is 1.16 bits per heavy atom. The lowest BCUT2D eigenvalue weighted by Crippen LogP contribution is -2.12. The summed E-state index contributed by atoms with van der Waals surface area (Å²) in [5, 5.41) is 3.10. The molecular formula is C13H9Br2FN2S. The number of nitrogens with two attached hydrogens (primary N) is 1.